The van der Waals surface area contributed by atoms with E-state index < -0.39 is 6.10 Å². The first-order chi connectivity index (χ1) is 13.4. The Labute approximate surface area is 171 Å². The Morgan fingerprint density at radius 1 is 1.18 bits per heavy atom. The molecule has 4 bridgehead atoms. The molecule has 0 saturated heterocycles. The second kappa shape index (κ2) is 7.73. The number of amides is 1. The monoisotopic (exact) mass is 405 g/mol. The van der Waals surface area contributed by atoms with E-state index in [1.54, 1.807) is 6.07 Å². The summed E-state index contributed by atoms with van der Waals surface area (Å²) in [7, 11) is 0. The maximum Gasteiger partial charge on any atom is 0.259 e. The van der Waals surface area contributed by atoms with Gasteiger partial charge in [0.15, 0.2) is 11.3 Å². The first-order valence-electron chi connectivity index (χ1n) is 10.5. The summed E-state index contributed by atoms with van der Waals surface area (Å²) in [5.41, 5.74) is 5.74. The zero-order valence-electron chi connectivity index (χ0n) is 17.0. The molecular weight excluding hydrogens is 374 g/mol. The van der Waals surface area contributed by atoms with Crippen molar-refractivity contribution in [2.45, 2.75) is 76.2 Å². The molecule has 2 N–H and O–H groups in total. The summed E-state index contributed by atoms with van der Waals surface area (Å²) in [5.74, 6) is 2.64. The molecule has 0 aliphatic heterocycles. The van der Waals surface area contributed by atoms with E-state index in [1.807, 2.05) is 13.2 Å². The minimum Gasteiger partial charge on any atom is -0.474 e. The van der Waals surface area contributed by atoms with Gasteiger partial charge in [0.05, 0.1) is 12.2 Å². The van der Waals surface area contributed by atoms with Crippen molar-refractivity contribution < 1.29 is 14.3 Å². The molecule has 2 atom stereocenters. The summed E-state index contributed by atoms with van der Waals surface area (Å²) in [6.45, 7) is 4.07. The Morgan fingerprint density at radius 3 is 2.18 bits per heavy atom. The molecule has 4 fully saturated rings. The van der Waals surface area contributed by atoms with E-state index >= 15 is 0 Å². The van der Waals surface area contributed by atoms with Gasteiger partial charge in [-0.25, -0.2) is 0 Å². The highest BCUT2D eigenvalue weighted by Crippen LogP contribution is 2.61. The van der Waals surface area contributed by atoms with Crippen LogP contribution in [0.1, 0.15) is 58.8 Å². The van der Waals surface area contributed by atoms with Crippen LogP contribution in [-0.4, -0.2) is 34.3 Å². The normalized spacial score (nSPS) is 32.8. The number of aromatic nitrogens is 2. The standard InChI is InChI=1S/C21H31N3O3S/c1-4-12(2)26-16-8-17(24-20(23-16)28-3)27-18(19(22)25)21-9-13-5-14(10-21)7-15(6-13)11-21/h8,12-15,18H,4-7,9-11H2,1-3H3,(H2,22,25). The van der Waals surface area contributed by atoms with Gasteiger partial charge >= 0.3 is 0 Å². The first kappa shape index (κ1) is 19.8. The lowest BCUT2D eigenvalue weighted by atomic mass is 9.48. The second-order valence-corrected chi connectivity index (χ2v) is 9.82. The second-order valence-electron chi connectivity index (χ2n) is 9.05. The molecule has 1 heterocycles. The molecule has 7 heteroatoms. The lowest BCUT2D eigenvalue weighted by Gasteiger charge is -2.58. The third kappa shape index (κ3) is 3.82. The van der Waals surface area contributed by atoms with Gasteiger partial charge < -0.3 is 15.2 Å². The van der Waals surface area contributed by atoms with E-state index in [1.165, 1.54) is 31.0 Å². The molecule has 0 radical (unpaired) electrons. The topological polar surface area (TPSA) is 87.3 Å². The van der Waals surface area contributed by atoms with E-state index in [0.717, 1.165) is 25.7 Å². The van der Waals surface area contributed by atoms with Crippen LogP contribution < -0.4 is 15.2 Å². The summed E-state index contributed by atoms with van der Waals surface area (Å²) in [5, 5.41) is 0.574. The van der Waals surface area contributed by atoms with Crippen LogP contribution in [0.15, 0.2) is 11.2 Å². The number of hydrogen-bond donors (Lipinski definition) is 1. The molecule has 4 saturated carbocycles. The van der Waals surface area contributed by atoms with Crippen molar-refractivity contribution in [3.8, 4) is 11.8 Å². The Hall–Kier alpha value is -1.50. The summed E-state index contributed by atoms with van der Waals surface area (Å²) >= 11 is 1.43. The molecule has 6 nitrogen and oxygen atoms in total. The van der Waals surface area contributed by atoms with Crippen LogP contribution in [0.2, 0.25) is 0 Å². The van der Waals surface area contributed by atoms with Gasteiger partial charge in [0.1, 0.15) is 0 Å². The highest BCUT2D eigenvalue weighted by Gasteiger charge is 2.56. The Kier molecular flexibility index (Phi) is 5.47. The molecule has 1 amide bonds. The Bertz CT molecular complexity index is 706. The number of rotatable bonds is 8. The fourth-order valence-corrected chi connectivity index (χ4v) is 6.35. The summed E-state index contributed by atoms with van der Waals surface area (Å²) < 4.78 is 12.1. The van der Waals surface area contributed by atoms with Crippen molar-refractivity contribution in [1.82, 2.24) is 9.97 Å². The molecule has 0 spiro atoms. The number of hydrogen-bond acceptors (Lipinski definition) is 6. The van der Waals surface area contributed by atoms with Gasteiger partial charge in [-0.3, -0.25) is 4.79 Å². The van der Waals surface area contributed by atoms with Crippen molar-refractivity contribution in [1.29, 1.82) is 0 Å². The zero-order chi connectivity index (χ0) is 19.9. The molecule has 1 aromatic heterocycles. The molecule has 154 valence electrons. The number of primary amides is 1. The van der Waals surface area contributed by atoms with E-state index in [2.05, 4.69) is 16.9 Å². The minimum atomic E-state index is -0.637. The molecule has 28 heavy (non-hydrogen) atoms. The van der Waals surface area contributed by atoms with E-state index in [4.69, 9.17) is 15.2 Å². The first-order valence-corrected chi connectivity index (χ1v) is 11.7. The third-order valence-corrected chi connectivity index (χ3v) is 7.42. The Morgan fingerprint density at radius 2 is 1.71 bits per heavy atom. The molecule has 1 aromatic rings. The van der Waals surface area contributed by atoms with Crippen LogP contribution in [-0.2, 0) is 4.79 Å². The van der Waals surface area contributed by atoms with Crippen molar-refractivity contribution >= 4 is 17.7 Å². The highest BCUT2D eigenvalue weighted by atomic mass is 32.2. The predicted molar refractivity (Wildman–Crippen MR) is 108 cm³/mol. The molecule has 5 rings (SSSR count). The fourth-order valence-electron chi connectivity index (χ4n) is 5.99. The van der Waals surface area contributed by atoms with Crippen molar-refractivity contribution in [3.63, 3.8) is 0 Å². The number of carbonyl (C=O) groups is 1. The van der Waals surface area contributed by atoms with Gasteiger partial charge in [-0.05, 0) is 75.9 Å². The zero-order valence-corrected chi connectivity index (χ0v) is 17.8. The smallest absolute Gasteiger partial charge is 0.259 e. The SMILES string of the molecule is CCC(C)Oc1cc(OC(C(N)=O)C23CC4CC(CC(C4)C2)C3)nc(SC)n1. The summed E-state index contributed by atoms with van der Waals surface area (Å²) in [6, 6.07) is 1.70. The third-order valence-electron chi connectivity index (χ3n) is 6.88. The van der Waals surface area contributed by atoms with Gasteiger partial charge in [0, 0.05) is 5.41 Å². The van der Waals surface area contributed by atoms with Gasteiger partial charge in [-0.15, -0.1) is 0 Å². The van der Waals surface area contributed by atoms with Crippen molar-refractivity contribution in [2.75, 3.05) is 6.26 Å². The van der Waals surface area contributed by atoms with E-state index in [0.29, 0.717) is 34.7 Å². The average Bonchev–Trinajstić information content (AvgIpc) is 2.64. The predicted octanol–water partition coefficient (Wildman–Crippen LogP) is 3.82. The molecule has 2 unspecified atom stereocenters. The number of carbonyl (C=O) groups excluding carboxylic acids is 1. The van der Waals surface area contributed by atoms with Gasteiger partial charge in [0.25, 0.3) is 5.91 Å². The van der Waals surface area contributed by atoms with Crippen LogP contribution in [0, 0.1) is 23.2 Å². The van der Waals surface area contributed by atoms with Crippen LogP contribution in [0.4, 0.5) is 0 Å². The number of ether oxygens (including phenoxy) is 2. The van der Waals surface area contributed by atoms with Crippen LogP contribution in [0.3, 0.4) is 0 Å². The average molecular weight is 406 g/mol. The molecule has 4 aliphatic rings. The van der Waals surface area contributed by atoms with E-state index in [9.17, 15) is 4.79 Å². The molecule has 4 aliphatic carbocycles. The highest BCUT2D eigenvalue weighted by molar-refractivity contribution is 7.98. The molecular formula is C21H31N3O3S. The van der Waals surface area contributed by atoms with Crippen LogP contribution in [0.25, 0.3) is 0 Å². The number of nitrogens with zero attached hydrogens (tertiary/aromatic N) is 2. The van der Waals surface area contributed by atoms with Crippen LogP contribution >= 0.6 is 11.8 Å². The lowest BCUT2D eigenvalue weighted by Crippen LogP contribution is -2.57. The largest absolute Gasteiger partial charge is 0.474 e. The molecule has 0 aromatic carbocycles. The fraction of sp³-hybridized carbons (Fsp3) is 0.762. The van der Waals surface area contributed by atoms with Gasteiger partial charge in [0.2, 0.25) is 11.8 Å². The maximum atomic E-state index is 12.5. The van der Waals surface area contributed by atoms with Crippen molar-refractivity contribution in [3.05, 3.63) is 6.07 Å². The quantitative estimate of drug-likeness (QED) is 0.522. The van der Waals surface area contributed by atoms with Gasteiger partial charge in [-0.1, -0.05) is 18.7 Å². The lowest BCUT2D eigenvalue weighted by molar-refractivity contribution is -0.148. The number of thioether (sulfide) groups is 1. The van der Waals surface area contributed by atoms with Gasteiger partial charge in [-0.2, -0.15) is 9.97 Å². The number of nitrogens with two attached hydrogens (primary N) is 1. The minimum absolute atomic E-state index is 0.0487. The van der Waals surface area contributed by atoms with E-state index in [-0.39, 0.29) is 17.4 Å². The summed E-state index contributed by atoms with van der Waals surface area (Å²) in [4.78, 5) is 21.4. The Balaban J connectivity index is 1.60. The van der Waals surface area contributed by atoms with Crippen LogP contribution in [0.5, 0.6) is 11.8 Å². The van der Waals surface area contributed by atoms with Crippen molar-refractivity contribution in [2.24, 2.45) is 28.9 Å². The summed E-state index contributed by atoms with van der Waals surface area (Å²) in [6.07, 6.45) is 9.26. The maximum absolute atomic E-state index is 12.5.